The molecule has 168 valence electrons. The summed E-state index contributed by atoms with van der Waals surface area (Å²) in [5.41, 5.74) is 2.70. The summed E-state index contributed by atoms with van der Waals surface area (Å²) >= 11 is 0. The quantitative estimate of drug-likeness (QED) is 0.519. The van der Waals surface area contributed by atoms with E-state index in [1.165, 1.54) is 4.57 Å². The van der Waals surface area contributed by atoms with Gasteiger partial charge in [-0.3, -0.25) is 9.13 Å². The fourth-order valence-corrected chi connectivity index (χ4v) is 3.91. The largest absolute Gasteiger partial charge is 0.478 e. The summed E-state index contributed by atoms with van der Waals surface area (Å²) in [7, 11) is 0. The van der Waals surface area contributed by atoms with E-state index < -0.39 is 11.9 Å². The third-order valence-corrected chi connectivity index (χ3v) is 5.57. The van der Waals surface area contributed by atoms with Gasteiger partial charge in [0.15, 0.2) is 5.69 Å². The van der Waals surface area contributed by atoms with Gasteiger partial charge in [0.25, 0.3) is 0 Å². The highest BCUT2D eigenvalue weighted by molar-refractivity contribution is 5.96. The number of aromatic nitrogens is 2. The van der Waals surface area contributed by atoms with E-state index in [1.54, 1.807) is 35.8 Å². The van der Waals surface area contributed by atoms with E-state index in [0.717, 1.165) is 17.5 Å². The fourth-order valence-electron chi connectivity index (χ4n) is 3.91. The van der Waals surface area contributed by atoms with Crippen LogP contribution in [0.15, 0.2) is 53.3 Å². The molecule has 0 bridgehead atoms. The Morgan fingerprint density at radius 1 is 0.938 bits per heavy atom. The van der Waals surface area contributed by atoms with Crippen molar-refractivity contribution in [3.05, 3.63) is 81.5 Å². The maximum absolute atomic E-state index is 13.0. The van der Waals surface area contributed by atoms with Gasteiger partial charge in [0.2, 0.25) is 0 Å². The molecule has 0 saturated heterocycles. The third kappa shape index (κ3) is 4.66. The van der Waals surface area contributed by atoms with E-state index in [2.05, 4.69) is 13.8 Å². The van der Waals surface area contributed by atoms with Crippen molar-refractivity contribution in [1.29, 1.82) is 0 Å². The van der Waals surface area contributed by atoms with Crippen LogP contribution in [-0.4, -0.2) is 31.3 Å². The zero-order valence-electron chi connectivity index (χ0n) is 18.5. The minimum Gasteiger partial charge on any atom is -0.478 e. The van der Waals surface area contributed by atoms with Gasteiger partial charge in [-0.1, -0.05) is 56.3 Å². The van der Waals surface area contributed by atoms with E-state index in [1.807, 2.05) is 24.3 Å². The Morgan fingerprint density at radius 2 is 1.59 bits per heavy atom. The molecule has 0 fully saturated rings. The summed E-state index contributed by atoms with van der Waals surface area (Å²) in [6.45, 7) is 6.42. The van der Waals surface area contributed by atoms with Crippen LogP contribution in [0, 0.1) is 5.92 Å². The number of benzene rings is 2. The molecule has 0 amide bonds. The molecule has 2 aromatic carbocycles. The number of imidazole rings is 1. The van der Waals surface area contributed by atoms with Crippen LogP contribution in [0.5, 0.6) is 0 Å². The number of hydrogen-bond acceptors (Lipinski definition) is 3. The topological polar surface area (TPSA) is 102 Å². The Morgan fingerprint density at radius 3 is 2.16 bits per heavy atom. The van der Waals surface area contributed by atoms with Crippen LogP contribution in [0.3, 0.4) is 0 Å². The van der Waals surface area contributed by atoms with E-state index in [9.17, 15) is 24.6 Å². The van der Waals surface area contributed by atoms with Gasteiger partial charge >= 0.3 is 17.6 Å². The van der Waals surface area contributed by atoms with Crippen LogP contribution >= 0.6 is 0 Å². The molecule has 7 nitrogen and oxygen atoms in total. The molecule has 0 saturated carbocycles. The summed E-state index contributed by atoms with van der Waals surface area (Å²) < 4.78 is 2.87. The third-order valence-electron chi connectivity index (χ3n) is 5.57. The second-order valence-electron chi connectivity index (χ2n) is 8.19. The number of carboxylic acid groups (broad SMARTS) is 2. The van der Waals surface area contributed by atoms with E-state index in [4.69, 9.17) is 0 Å². The monoisotopic (exact) mass is 436 g/mol. The Hall–Kier alpha value is -3.61. The molecule has 3 aromatic rings. The molecule has 0 aliphatic rings. The fraction of sp³-hybridized carbons (Fsp3) is 0.320. The number of aromatic carboxylic acids is 2. The highest BCUT2D eigenvalue weighted by Crippen LogP contribution is 2.25. The maximum Gasteiger partial charge on any atom is 0.354 e. The van der Waals surface area contributed by atoms with Crippen molar-refractivity contribution in [3.8, 4) is 11.1 Å². The maximum atomic E-state index is 13.0. The molecular weight excluding hydrogens is 408 g/mol. The van der Waals surface area contributed by atoms with Crippen molar-refractivity contribution < 1.29 is 19.8 Å². The van der Waals surface area contributed by atoms with Gasteiger partial charge in [0.05, 0.1) is 17.8 Å². The molecule has 0 spiro atoms. The lowest BCUT2D eigenvalue weighted by Gasteiger charge is -2.11. The standard InChI is InChI=1S/C25H28N2O5/c1-4-26-22(24(30)31)21(14-9-16(2)3)27(25(26)32)15-17-10-12-18(13-11-17)19-7-5-6-8-20(19)23(28)29/h5-8,10-13,16H,4,9,14-15H2,1-3H3,(H,28,29)(H,30,31). The lowest BCUT2D eigenvalue weighted by Crippen LogP contribution is -2.26. The van der Waals surface area contributed by atoms with Crippen LogP contribution in [0.1, 0.15) is 59.3 Å². The number of carbonyl (C=O) groups is 2. The molecule has 1 heterocycles. The zero-order valence-corrected chi connectivity index (χ0v) is 18.5. The molecule has 3 rings (SSSR count). The highest BCUT2D eigenvalue weighted by atomic mass is 16.4. The van der Waals surface area contributed by atoms with Crippen molar-refractivity contribution in [2.45, 2.75) is 46.7 Å². The Balaban J connectivity index is 1.99. The van der Waals surface area contributed by atoms with Crippen LogP contribution < -0.4 is 5.69 Å². The minimum absolute atomic E-state index is 0.0603. The SMILES string of the molecule is CCn1c(C(=O)O)c(CCC(C)C)n(Cc2ccc(-c3ccccc3C(=O)O)cc2)c1=O. The van der Waals surface area contributed by atoms with Crippen molar-refractivity contribution in [3.63, 3.8) is 0 Å². The van der Waals surface area contributed by atoms with Crippen molar-refractivity contribution >= 4 is 11.9 Å². The molecule has 0 aliphatic heterocycles. The van der Waals surface area contributed by atoms with E-state index in [0.29, 0.717) is 23.6 Å². The molecule has 7 heteroatoms. The molecule has 32 heavy (non-hydrogen) atoms. The minimum atomic E-state index is -1.10. The predicted molar refractivity (Wildman–Crippen MR) is 122 cm³/mol. The summed E-state index contributed by atoms with van der Waals surface area (Å²) in [5.74, 6) is -1.71. The van der Waals surface area contributed by atoms with Crippen LogP contribution in [0.25, 0.3) is 11.1 Å². The predicted octanol–water partition coefficient (Wildman–Crippen LogP) is 4.37. The molecule has 0 radical (unpaired) electrons. The van der Waals surface area contributed by atoms with E-state index >= 15 is 0 Å². The number of hydrogen-bond donors (Lipinski definition) is 2. The molecule has 1 aromatic heterocycles. The van der Waals surface area contributed by atoms with Gasteiger partial charge in [-0.25, -0.2) is 14.4 Å². The van der Waals surface area contributed by atoms with Gasteiger partial charge in [0, 0.05) is 6.54 Å². The molecule has 0 atom stereocenters. The van der Waals surface area contributed by atoms with Crippen LogP contribution in [0.2, 0.25) is 0 Å². The number of rotatable bonds is 9. The normalized spacial score (nSPS) is 11.1. The van der Waals surface area contributed by atoms with E-state index in [-0.39, 0.29) is 30.0 Å². The first kappa shape index (κ1) is 23.1. The van der Waals surface area contributed by atoms with Gasteiger partial charge in [-0.05, 0) is 48.4 Å². The lowest BCUT2D eigenvalue weighted by molar-refractivity contribution is 0.0677. The Bertz CT molecular complexity index is 1190. The summed E-state index contributed by atoms with van der Waals surface area (Å²) in [5, 5.41) is 19.2. The molecular formula is C25H28N2O5. The molecule has 0 aliphatic carbocycles. The average molecular weight is 437 g/mol. The second-order valence-corrected chi connectivity index (χ2v) is 8.19. The number of nitrogens with zero attached hydrogens (tertiary/aromatic N) is 2. The highest BCUT2D eigenvalue weighted by Gasteiger charge is 2.24. The number of carboxylic acids is 2. The van der Waals surface area contributed by atoms with Crippen molar-refractivity contribution in [2.24, 2.45) is 5.92 Å². The lowest BCUT2D eigenvalue weighted by atomic mass is 9.98. The van der Waals surface area contributed by atoms with Crippen LogP contribution in [-0.2, 0) is 19.5 Å². The first-order valence-corrected chi connectivity index (χ1v) is 10.7. The average Bonchev–Trinajstić information content (AvgIpc) is 3.03. The van der Waals surface area contributed by atoms with Gasteiger partial charge in [0.1, 0.15) is 0 Å². The van der Waals surface area contributed by atoms with Gasteiger partial charge < -0.3 is 10.2 Å². The van der Waals surface area contributed by atoms with Crippen molar-refractivity contribution in [2.75, 3.05) is 0 Å². The second kappa shape index (κ2) is 9.68. The van der Waals surface area contributed by atoms with Crippen molar-refractivity contribution in [1.82, 2.24) is 9.13 Å². The smallest absolute Gasteiger partial charge is 0.354 e. The Labute approximate surface area is 186 Å². The van der Waals surface area contributed by atoms with Gasteiger partial charge in [-0.2, -0.15) is 0 Å². The first-order valence-electron chi connectivity index (χ1n) is 10.7. The zero-order chi connectivity index (χ0) is 23.4. The summed E-state index contributed by atoms with van der Waals surface area (Å²) in [4.78, 5) is 36.4. The first-order chi connectivity index (χ1) is 15.2. The van der Waals surface area contributed by atoms with Crippen LogP contribution in [0.4, 0.5) is 0 Å². The summed E-state index contributed by atoms with van der Waals surface area (Å²) in [6, 6.07) is 14.1. The Kier molecular flexibility index (Phi) is 6.98. The summed E-state index contributed by atoms with van der Waals surface area (Å²) in [6.07, 6.45) is 1.28. The molecule has 2 N–H and O–H groups in total. The van der Waals surface area contributed by atoms with Gasteiger partial charge in [-0.15, -0.1) is 0 Å². The molecule has 0 unspecified atom stereocenters.